The Bertz CT molecular complexity index is 805. The number of amides is 1. The molecule has 0 N–H and O–H groups in total. The monoisotopic (exact) mass is 451 g/mol. The van der Waals surface area contributed by atoms with Crippen LogP contribution in [0.4, 0.5) is 9.18 Å². The Labute approximate surface area is 174 Å². The van der Waals surface area contributed by atoms with E-state index in [-0.39, 0.29) is 11.9 Å². The van der Waals surface area contributed by atoms with Gasteiger partial charge in [-0.2, -0.15) is 0 Å². The zero-order valence-electron chi connectivity index (χ0n) is 16.8. The van der Waals surface area contributed by atoms with E-state index in [1.54, 1.807) is 18.0 Å². The number of nitrogens with zero attached hydrogens (tertiary/aromatic N) is 1. The van der Waals surface area contributed by atoms with Crippen molar-refractivity contribution in [2.75, 3.05) is 20.2 Å². The van der Waals surface area contributed by atoms with Gasteiger partial charge in [-0.25, -0.2) is 9.18 Å². The summed E-state index contributed by atoms with van der Waals surface area (Å²) in [5, 5.41) is 0. The molecule has 2 rings (SSSR count). The molecule has 0 aliphatic rings. The summed E-state index contributed by atoms with van der Waals surface area (Å²) in [6.07, 6.45) is 0.361. The van der Waals surface area contributed by atoms with Crippen LogP contribution in [0.3, 0.4) is 0 Å². The number of ether oxygens (including phenoxy) is 2. The quantitative estimate of drug-likeness (QED) is 0.482. The maximum absolute atomic E-state index is 13.9. The van der Waals surface area contributed by atoms with Crippen LogP contribution >= 0.6 is 15.9 Å². The highest BCUT2D eigenvalue weighted by Gasteiger charge is 2.19. The Hall–Kier alpha value is -1.92. The summed E-state index contributed by atoms with van der Waals surface area (Å²) in [5.74, 6) is -0.293. The van der Waals surface area contributed by atoms with E-state index in [2.05, 4.69) is 15.9 Å². The molecule has 28 heavy (non-hydrogen) atoms. The lowest BCUT2D eigenvalue weighted by Gasteiger charge is -2.24. The summed E-state index contributed by atoms with van der Waals surface area (Å²) in [4.78, 5) is 13.5. The molecular formula is C22H27BrFNO3. The van der Waals surface area contributed by atoms with Gasteiger partial charge < -0.3 is 14.4 Å². The average Bonchev–Trinajstić information content (AvgIpc) is 2.62. The topological polar surface area (TPSA) is 38.8 Å². The molecule has 0 atom stereocenters. The third-order valence-corrected chi connectivity index (χ3v) is 4.64. The molecule has 1 amide bonds. The molecule has 0 heterocycles. The first-order chi connectivity index (χ1) is 13.2. The van der Waals surface area contributed by atoms with E-state index in [0.717, 1.165) is 16.7 Å². The van der Waals surface area contributed by atoms with Crippen molar-refractivity contribution in [1.82, 2.24) is 4.90 Å². The van der Waals surface area contributed by atoms with Gasteiger partial charge in [-0.15, -0.1) is 0 Å². The minimum Gasteiger partial charge on any atom is -0.444 e. The van der Waals surface area contributed by atoms with E-state index in [4.69, 9.17) is 9.47 Å². The molecule has 2 aromatic carbocycles. The van der Waals surface area contributed by atoms with Gasteiger partial charge >= 0.3 is 6.09 Å². The molecule has 6 heteroatoms. The van der Waals surface area contributed by atoms with E-state index < -0.39 is 5.60 Å². The summed E-state index contributed by atoms with van der Waals surface area (Å²) in [5.41, 5.74) is 2.24. The van der Waals surface area contributed by atoms with Gasteiger partial charge in [0.25, 0.3) is 0 Å². The fourth-order valence-electron chi connectivity index (χ4n) is 2.61. The van der Waals surface area contributed by atoms with Crippen molar-refractivity contribution >= 4 is 22.0 Å². The van der Waals surface area contributed by atoms with Gasteiger partial charge in [-0.05, 0) is 71.9 Å². The lowest BCUT2D eigenvalue weighted by molar-refractivity contribution is 0.0276. The van der Waals surface area contributed by atoms with E-state index in [1.807, 2.05) is 51.1 Å². The lowest BCUT2D eigenvalue weighted by atomic mass is 10.00. The van der Waals surface area contributed by atoms with Crippen LogP contribution in [0.5, 0.6) is 0 Å². The van der Waals surface area contributed by atoms with Gasteiger partial charge in [0.1, 0.15) is 11.4 Å². The Morgan fingerprint density at radius 2 is 1.89 bits per heavy atom. The number of halogens is 2. The van der Waals surface area contributed by atoms with Crippen molar-refractivity contribution in [3.63, 3.8) is 0 Å². The van der Waals surface area contributed by atoms with Gasteiger partial charge in [0.05, 0.1) is 11.1 Å². The first-order valence-electron chi connectivity index (χ1n) is 9.22. The number of hydrogen-bond acceptors (Lipinski definition) is 3. The molecule has 152 valence electrons. The van der Waals surface area contributed by atoms with Gasteiger partial charge in [0.15, 0.2) is 0 Å². The van der Waals surface area contributed by atoms with Crippen LogP contribution in [-0.2, 0) is 16.1 Å². The average molecular weight is 452 g/mol. The fourth-order valence-corrected chi connectivity index (χ4v) is 2.86. The summed E-state index contributed by atoms with van der Waals surface area (Å²) < 4.78 is 25.4. The maximum atomic E-state index is 13.9. The highest BCUT2D eigenvalue weighted by Crippen LogP contribution is 2.27. The second-order valence-electron chi connectivity index (χ2n) is 7.59. The summed E-state index contributed by atoms with van der Waals surface area (Å²) in [6.45, 7) is 7.01. The smallest absolute Gasteiger partial charge is 0.410 e. The molecule has 0 bridgehead atoms. The van der Waals surface area contributed by atoms with Crippen LogP contribution in [-0.4, -0.2) is 36.8 Å². The zero-order chi connectivity index (χ0) is 20.7. The molecule has 0 radical (unpaired) electrons. The van der Waals surface area contributed by atoms with Crippen LogP contribution in [0.25, 0.3) is 11.1 Å². The van der Waals surface area contributed by atoms with Crippen molar-refractivity contribution in [3.05, 3.63) is 58.3 Å². The van der Waals surface area contributed by atoms with E-state index >= 15 is 0 Å². The predicted molar refractivity (Wildman–Crippen MR) is 113 cm³/mol. The Morgan fingerprint density at radius 3 is 2.57 bits per heavy atom. The number of carbonyl (C=O) groups is 1. The standard InChI is InChI=1S/C22H27BrFNO3/c1-22(2,3)28-21(26)25(4)12-7-13-27-15-17-8-5-6-9-18(17)16-10-11-19(23)20(24)14-16/h5-6,8-11,14H,7,12-13,15H2,1-4H3. The second kappa shape index (κ2) is 10.0. The first kappa shape index (κ1) is 22.4. The first-order valence-corrected chi connectivity index (χ1v) is 10.0. The zero-order valence-corrected chi connectivity index (χ0v) is 18.4. The molecule has 0 saturated heterocycles. The Kier molecular flexibility index (Phi) is 8.01. The van der Waals surface area contributed by atoms with E-state index in [0.29, 0.717) is 30.7 Å². The number of benzene rings is 2. The Balaban J connectivity index is 1.86. The summed E-state index contributed by atoms with van der Waals surface area (Å²) >= 11 is 3.18. The third-order valence-electron chi connectivity index (χ3n) is 3.99. The molecule has 0 unspecified atom stereocenters. The van der Waals surface area contributed by atoms with Crippen molar-refractivity contribution in [2.24, 2.45) is 0 Å². The highest BCUT2D eigenvalue weighted by molar-refractivity contribution is 9.10. The molecular weight excluding hydrogens is 425 g/mol. The molecule has 0 aliphatic heterocycles. The number of hydrogen-bond donors (Lipinski definition) is 0. The van der Waals surface area contributed by atoms with Crippen molar-refractivity contribution in [1.29, 1.82) is 0 Å². The highest BCUT2D eigenvalue weighted by atomic mass is 79.9. The maximum Gasteiger partial charge on any atom is 0.410 e. The van der Waals surface area contributed by atoms with Gasteiger partial charge in [-0.3, -0.25) is 0 Å². The Morgan fingerprint density at radius 1 is 1.18 bits per heavy atom. The fraction of sp³-hybridized carbons (Fsp3) is 0.409. The van der Waals surface area contributed by atoms with Crippen molar-refractivity contribution < 1.29 is 18.7 Å². The summed E-state index contributed by atoms with van der Waals surface area (Å²) in [7, 11) is 1.71. The largest absolute Gasteiger partial charge is 0.444 e. The van der Waals surface area contributed by atoms with E-state index in [1.165, 1.54) is 6.07 Å². The van der Waals surface area contributed by atoms with Crippen molar-refractivity contribution in [2.45, 2.75) is 39.4 Å². The molecule has 0 spiro atoms. The molecule has 4 nitrogen and oxygen atoms in total. The van der Waals surface area contributed by atoms with Gasteiger partial charge in [-0.1, -0.05) is 30.3 Å². The van der Waals surface area contributed by atoms with Crippen LogP contribution in [0.15, 0.2) is 46.9 Å². The van der Waals surface area contributed by atoms with E-state index in [9.17, 15) is 9.18 Å². The minimum absolute atomic E-state index is 0.293. The molecule has 0 aliphatic carbocycles. The van der Waals surface area contributed by atoms with Crippen molar-refractivity contribution in [3.8, 4) is 11.1 Å². The summed E-state index contributed by atoms with van der Waals surface area (Å²) in [6, 6.07) is 12.9. The number of rotatable bonds is 7. The molecule has 0 aromatic heterocycles. The number of carbonyl (C=O) groups excluding carboxylic acids is 1. The third kappa shape index (κ3) is 6.91. The lowest BCUT2D eigenvalue weighted by Crippen LogP contribution is -2.35. The molecule has 0 saturated carbocycles. The minimum atomic E-state index is -0.502. The van der Waals surface area contributed by atoms with Crippen LogP contribution < -0.4 is 0 Å². The van der Waals surface area contributed by atoms with Crippen LogP contribution in [0.2, 0.25) is 0 Å². The predicted octanol–water partition coefficient (Wildman–Crippen LogP) is 6.03. The van der Waals surface area contributed by atoms with Gasteiger partial charge in [0.2, 0.25) is 0 Å². The van der Waals surface area contributed by atoms with Crippen LogP contribution in [0, 0.1) is 5.82 Å². The second-order valence-corrected chi connectivity index (χ2v) is 8.45. The van der Waals surface area contributed by atoms with Crippen LogP contribution in [0.1, 0.15) is 32.8 Å². The van der Waals surface area contributed by atoms with Gasteiger partial charge in [0, 0.05) is 20.2 Å². The molecule has 0 fully saturated rings. The normalized spacial score (nSPS) is 11.4. The molecule has 2 aromatic rings. The SMILES string of the molecule is CN(CCCOCc1ccccc1-c1ccc(Br)c(F)c1)C(=O)OC(C)(C)C.